The highest BCUT2D eigenvalue weighted by Crippen LogP contribution is 2.14. The molecule has 0 atom stereocenters. The Hall–Kier alpha value is -1.55. The van der Waals surface area contributed by atoms with Crippen LogP contribution in [-0.4, -0.2) is 40.0 Å². The van der Waals surface area contributed by atoms with Crippen LogP contribution in [0, 0.1) is 0 Å². The number of nitrogens with zero attached hydrogens (tertiary/aromatic N) is 3. The third-order valence-corrected chi connectivity index (χ3v) is 2.37. The highest BCUT2D eigenvalue weighted by atomic mass is 16.3. The van der Waals surface area contributed by atoms with Crippen LogP contribution in [0.1, 0.15) is 5.82 Å². The van der Waals surface area contributed by atoms with Crippen molar-refractivity contribution >= 4 is 5.52 Å². The predicted octanol–water partition coefficient (Wildman–Crippen LogP) is 1.14. The Bertz CT molecular complexity index is 462. The zero-order valence-electron chi connectivity index (χ0n) is 9.01. The van der Waals surface area contributed by atoms with Crippen LogP contribution in [0.15, 0.2) is 24.5 Å². The summed E-state index contributed by atoms with van der Waals surface area (Å²) in [5.41, 5.74) is 0.934. The predicted molar refractivity (Wildman–Crippen MR) is 59.1 cm³/mol. The second-order valence-corrected chi connectivity index (χ2v) is 3.91. The summed E-state index contributed by atoms with van der Waals surface area (Å²) in [6.07, 6.45) is 4.54. The number of imidazole rings is 1. The van der Waals surface area contributed by atoms with E-state index in [0.29, 0.717) is 0 Å². The molecule has 0 aliphatic rings. The van der Waals surface area contributed by atoms with Crippen molar-refractivity contribution in [3.63, 3.8) is 0 Å². The number of aromatic nitrogens is 2. The van der Waals surface area contributed by atoms with Crippen LogP contribution in [0.4, 0.5) is 0 Å². The first-order valence-corrected chi connectivity index (χ1v) is 4.96. The molecular formula is C11H15N3O. The van der Waals surface area contributed by atoms with Gasteiger partial charge in [0.2, 0.25) is 0 Å². The summed E-state index contributed by atoms with van der Waals surface area (Å²) in [5.74, 6) is 1.31. The molecule has 2 aromatic heterocycles. The number of likely N-dealkylation sites (N-methyl/N-ethyl adjacent to an activating group) is 1. The molecule has 0 aliphatic carbocycles. The molecule has 0 aromatic carbocycles. The Morgan fingerprint density at radius 2 is 2.27 bits per heavy atom. The van der Waals surface area contributed by atoms with E-state index in [1.807, 2.05) is 24.7 Å². The normalized spacial score (nSPS) is 11.4. The summed E-state index contributed by atoms with van der Waals surface area (Å²) >= 11 is 0. The van der Waals surface area contributed by atoms with Gasteiger partial charge in [-0.1, -0.05) is 0 Å². The SMILES string of the molecule is CN(C)CCc1ncc2cc(O)ccn12. The zero-order chi connectivity index (χ0) is 10.8. The van der Waals surface area contributed by atoms with Crippen LogP contribution in [-0.2, 0) is 6.42 Å². The lowest BCUT2D eigenvalue weighted by molar-refractivity contribution is 0.409. The fourth-order valence-corrected chi connectivity index (χ4v) is 1.55. The van der Waals surface area contributed by atoms with E-state index in [4.69, 9.17) is 0 Å². The summed E-state index contributed by atoms with van der Waals surface area (Å²) in [7, 11) is 4.09. The molecule has 15 heavy (non-hydrogen) atoms. The maximum absolute atomic E-state index is 9.31. The lowest BCUT2D eigenvalue weighted by atomic mass is 10.3. The molecule has 0 aliphatic heterocycles. The number of hydrogen-bond acceptors (Lipinski definition) is 3. The van der Waals surface area contributed by atoms with Gasteiger partial charge >= 0.3 is 0 Å². The molecule has 0 spiro atoms. The fraction of sp³-hybridized carbons (Fsp3) is 0.364. The third kappa shape index (κ3) is 2.10. The largest absolute Gasteiger partial charge is 0.508 e. The van der Waals surface area contributed by atoms with Gasteiger partial charge in [0.25, 0.3) is 0 Å². The first kappa shape index (κ1) is 9.98. The molecule has 0 saturated heterocycles. The van der Waals surface area contributed by atoms with Crippen LogP contribution in [0.25, 0.3) is 5.52 Å². The van der Waals surface area contributed by atoms with Gasteiger partial charge in [-0.2, -0.15) is 0 Å². The van der Waals surface area contributed by atoms with Gasteiger partial charge in [-0.25, -0.2) is 4.98 Å². The van der Waals surface area contributed by atoms with Gasteiger partial charge in [0.1, 0.15) is 11.6 Å². The van der Waals surface area contributed by atoms with Crippen molar-refractivity contribution in [3.8, 4) is 5.75 Å². The summed E-state index contributed by atoms with van der Waals surface area (Å²) < 4.78 is 2.00. The van der Waals surface area contributed by atoms with Crippen LogP contribution < -0.4 is 0 Å². The minimum Gasteiger partial charge on any atom is -0.508 e. The van der Waals surface area contributed by atoms with Gasteiger partial charge in [-0.3, -0.25) is 0 Å². The van der Waals surface area contributed by atoms with Crippen molar-refractivity contribution in [2.75, 3.05) is 20.6 Å². The molecule has 2 heterocycles. The minimum atomic E-state index is 0.279. The van der Waals surface area contributed by atoms with E-state index in [1.165, 1.54) is 0 Å². The number of pyridine rings is 1. The molecule has 4 heteroatoms. The Morgan fingerprint density at radius 1 is 1.47 bits per heavy atom. The second-order valence-electron chi connectivity index (χ2n) is 3.91. The minimum absolute atomic E-state index is 0.279. The average molecular weight is 205 g/mol. The van der Waals surface area contributed by atoms with Gasteiger partial charge in [0, 0.05) is 25.2 Å². The third-order valence-electron chi connectivity index (χ3n) is 2.37. The Kier molecular flexibility index (Phi) is 2.60. The molecule has 1 N–H and O–H groups in total. The summed E-state index contributed by atoms with van der Waals surface area (Å²) in [5, 5.41) is 9.31. The van der Waals surface area contributed by atoms with Crippen LogP contribution in [0.2, 0.25) is 0 Å². The van der Waals surface area contributed by atoms with Crippen molar-refractivity contribution in [2.24, 2.45) is 0 Å². The van der Waals surface area contributed by atoms with Crippen LogP contribution in [0.5, 0.6) is 5.75 Å². The van der Waals surface area contributed by atoms with Crippen molar-refractivity contribution in [3.05, 3.63) is 30.4 Å². The maximum Gasteiger partial charge on any atom is 0.119 e. The number of rotatable bonds is 3. The van der Waals surface area contributed by atoms with E-state index in [9.17, 15) is 5.11 Å². The molecule has 2 aromatic rings. The molecule has 0 saturated carbocycles. The first-order valence-electron chi connectivity index (χ1n) is 4.96. The lowest BCUT2D eigenvalue weighted by Crippen LogP contribution is -2.16. The van der Waals surface area contributed by atoms with E-state index in [2.05, 4.69) is 9.88 Å². The number of aromatic hydroxyl groups is 1. The van der Waals surface area contributed by atoms with E-state index in [-0.39, 0.29) is 5.75 Å². The summed E-state index contributed by atoms with van der Waals surface area (Å²) in [6.45, 7) is 0.972. The number of hydrogen-bond donors (Lipinski definition) is 1. The monoisotopic (exact) mass is 205 g/mol. The fourth-order valence-electron chi connectivity index (χ4n) is 1.55. The molecule has 0 radical (unpaired) electrons. The van der Waals surface area contributed by atoms with E-state index >= 15 is 0 Å². The quantitative estimate of drug-likeness (QED) is 0.817. The molecular weight excluding hydrogens is 190 g/mol. The molecule has 4 nitrogen and oxygen atoms in total. The van der Waals surface area contributed by atoms with Crippen molar-refractivity contribution < 1.29 is 5.11 Å². The zero-order valence-corrected chi connectivity index (χ0v) is 9.01. The standard InChI is InChI=1S/C11H15N3O/c1-13(2)5-4-11-12-8-9-7-10(15)3-6-14(9)11/h3,6-8,15H,4-5H2,1-2H3. The highest BCUT2D eigenvalue weighted by molar-refractivity contribution is 5.50. The van der Waals surface area contributed by atoms with Gasteiger partial charge < -0.3 is 14.4 Å². The first-order chi connectivity index (χ1) is 7.16. The average Bonchev–Trinajstić information content (AvgIpc) is 2.57. The molecule has 0 fully saturated rings. The van der Waals surface area contributed by atoms with Crippen molar-refractivity contribution in [2.45, 2.75) is 6.42 Å². The second kappa shape index (κ2) is 3.90. The van der Waals surface area contributed by atoms with E-state index in [0.717, 1.165) is 24.3 Å². The van der Waals surface area contributed by atoms with Gasteiger partial charge in [-0.05, 0) is 20.2 Å². The van der Waals surface area contributed by atoms with Crippen molar-refractivity contribution in [1.29, 1.82) is 0 Å². The molecule has 0 unspecified atom stereocenters. The highest BCUT2D eigenvalue weighted by Gasteiger charge is 2.04. The molecule has 0 bridgehead atoms. The maximum atomic E-state index is 9.31. The van der Waals surface area contributed by atoms with Crippen LogP contribution >= 0.6 is 0 Å². The van der Waals surface area contributed by atoms with E-state index < -0.39 is 0 Å². The van der Waals surface area contributed by atoms with Gasteiger partial charge in [-0.15, -0.1) is 0 Å². The van der Waals surface area contributed by atoms with E-state index in [1.54, 1.807) is 18.3 Å². The van der Waals surface area contributed by atoms with Gasteiger partial charge in [0.15, 0.2) is 0 Å². The number of fused-ring (bicyclic) bond motifs is 1. The molecule has 2 rings (SSSR count). The Balaban J connectivity index is 2.29. The lowest BCUT2D eigenvalue weighted by Gasteiger charge is -2.08. The van der Waals surface area contributed by atoms with Crippen LogP contribution in [0.3, 0.4) is 0 Å². The molecule has 80 valence electrons. The summed E-state index contributed by atoms with van der Waals surface area (Å²) in [6, 6.07) is 3.39. The smallest absolute Gasteiger partial charge is 0.119 e. The topological polar surface area (TPSA) is 40.8 Å². The molecule has 0 amide bonds. The Labute approximate surface area is 88.8 Å². The van der Waals surface area contributed by atoms with Crippen molar-refractivity contribution in [1.82, 2.24) is 14.3 Å². The summed E-state index contributed by atoms with van der Waals surface area (Å²) in [4.78, 5) is 6.46. The Morgan fingerprint density at radius 3 is 3.00 bits per heavy atom. The van der Waals surface area contributed by atoms with Gasteiger partial charge in [0.05, 0.1) is 11.7 Å².